The van der Waals surface area contributed by atoms with Crippen molar-refractivity contribution in [3.05, 3.63) is 12.1 Å². The molecule has 1 aromatic carbocycles. The van der Waals surface area contributed by atoms with Crippen molar-refractivity contribution in [3.63, 3.8) is 0 Å². The largest absolute Gasteiger partial charge is 0.493 e. The Labute approximate surface area is 129 Å². The average molecular weight is 314 g/mol. The van der Waals surface area contributed by atoms with Gasteiger partial charge in [0.1, 0.15) is 0 Å². The second-order valence-corrected chi connectivity index (χ2v) is 5.28. The zero-order valence-corrected chi connectivity index (χ0v) is 13.6. The first-order chi connectivity index (χ1) is 10.1. The van der Waals surface area contributed by atoms with Crippen LogP contribution in [0.4, 0.5) is 5.69 Å². The van der Waals surface area contributed by atoms with Crippen molar-refractivity contribution in [3.8, 4) is 17.2 Å². The van der Waals surface area contributed by atoms with Gasteiger partial charge in [0.25, 0.3) is 0 Å². The molecule has 0 spiro atoms. The van der Waals surface area contributed by atoms with Crippen LogP contribution in [-0.2, 0) is 4.79 Å². The lowest BCUT2D eigenvalue weighted by Crippen LogP contribution is -2.36. The van der Waals surface area contributed by atoms with Gasteiger partial charge in [0.15, 0.2) is 11.5 Å². The number of hydrogen-bond donors (Lipinski definition) is 2. The number of nitrogens with two attached hydrogens (primary N) is 1. The van der Waals surface area contributed by atoms with Crippen molar-refractivity contribution >= 4 is 23.4 Å². The summed E-state index contributed by atoms with van der Waals surface area (Å²) < 4.78 is 15.7. The Morgan fingerprint density at radius 3 is 2.24 bits per heavy atom. The van der Waals surface area contributed by atoms with Crippen LogP contribution in [0.5, 0.6) is 17.2 Å². The maximum Gasteiger partial charge on any atom is 0.241 e. The highest BCUT2D eigenvalue weighted by Gasteiger charge is 2.17. The van der Waals surface area contributed by atoms with E-state index in [2.05, 4.69) is 5.32 Å². The third-order valence-corrected chi connectivity index (χ3v) is 3.55. The number of amides is 1. The normalized spacial score (nSPS) is 11.7. The van der Waals surface area contributed by atoms with Crippen molar-refractivity contribution < 1.29 is 19.0 Å². The van der Waals surface area contributed by atoms with Crippen LogP contribution in [-0.4, -0.2) is 45.3 Å². The number of rotatable bonds is 8. The fraction of sp³-hybridized carbons (Fsp3) is 0.500. The van der Waals surface area contributed by atoms with Gasteiger partial charge in [-0.25, -0.2) is 0 Å². The summed E-state index contributed by atoms with van der Waals surface area (Å²) in [6, 6.07) is 2.79. The van der Waals surface area contributed by atoms with E-state index in [9.17, 15) is 4.79 Å². The van der Waals surface area contributed by atoms with Crippen molar-refractivity contribution in [2.24, 2.45) is 5.73 Å². The van der Waals surface area contributed by atoms with Gasteiger partial charge in [-0.2, -0.15) is 11.8 Å². The zero-order chi connectivity index (χ0) is 15.8. The molecule has 1 aromatic rings. The van der Waals surface area contributed by atoms with Gasteiger partial charge < -0.3 is 25.3 Å². The van der Waals surface area contributed by atoms with E-state index >= 15 is 0 Å². The van der Waals surface area contributed by atoms with Crippen LogP contribution >= 0.6 is 11.8 Å². The molecular weight excluding hydrogens is 292 g/mol. The van der Waals surface area contributed by atoms with Crippen LogP contribution in [0.25, 0.3) is 0 Å². The summed E-state index contributed by atoms with van der Waals surface area (Å²) >= 11 is 1.65. The second-order valence-electron chi connectivity index (χ2n) is 4.29. The lowest BCUT2D eigenvalue weighted by atomic mass is 10.2. The topological polar surface area (TPSA) is 82.8 Å². The van der Waals surface area contributed by atoms with Gasteiger partial charge in [-0.15, -0.1) is 0 Å². The number of carbonyl (C=O) groups is 1. The molecule has 0 aliphatic rings. The number of ether oxygens (including phenoxy) is 3. The standard InChI is InChI=1S/C14H22N2O4S/c1-18-11-7-9(8-12(19-2)13(11)20-3)16-14(17)10(15)5-6-21-4/h7-8,10H,5-6,15H2,1-4H3,(H,16,17)/t10-/m0/s1. The average Bonchev–Trinajstić information content (AvgIpc) is 2.51. The summed E-state index contributed by atoms with van der Waals surface area (Å²) in [7, 11) is 4.57. The van der Waals surface area contributed by atoms with Crippen LogP contribution in [0.15, 0.2) is 12.1 Å². The molecule has 0 aliphatic heterocycles. The predicted molar refractivity (Wildman–Crippen MR) is 85.7 cm³/mol. The lowest BCUT2D eigenvalue weighted by molar-refractivity contribution is -0.117. The third kappa shape index (κ3) is 4.71. The first-order valence-corrected chi connectivity index (χ1v) is 7.82. The predicted octanol–water partition coefficient (Wildman–Crippen LogP) is 1.73. The molecule has 0 radical (unpaired) electrons. The smallest absolute Gasteiger partial charge is 0.241 e. The van der Waals surface area contributed by atoms with Gasteiger partial charge in [-0.3, -0.25) is 4.79 Å². The molecule has 118 valence electrons. The van der Waals surface area contributed by atoms with Crippen LogP contribution in [0, 0.1) is 0 Å². The van der Waals surface area contributed by atoms with Gasteiger partial charge in [0.05, 0.1) is 27.4 Å². The molecule has 0 saturated heterocycles. The molecule has 0 aromatic heterocycles. The van der Waals surface area contributed by atoms with Crippen molar-refractivity contribution in [1.29, 1.82) is 0 Å². The molecule has 0 bridgehead atoms. The molecule has 6 nitrogen and oxygen atoms in total. The number of anilines is 1. The Bertz CT molecular complexity index is 457. The van der Waals surface area contributed by atoms with Crippen LogP contribution in [0.2, 0.25) is 0 Å². The SMILES string of the molecule is COc1cc(NC(=O)[C@@H](N)CCSC)cc(OC)c1OC. The summed E-state index contributed by atoms with van der Waals surface area (Å²) in [6.07, 6.45) is 2.60. The van der Waals surface area contributed by atoms with Gasteiger partial charge >= 0.3 is 0 Å². The molecule has 1 rings (SSSR count). The fourth-order valence-electron chi connectivity index (χ4n) is 1.76. The number of benzene rings is 1. The van der Waals surface area contributed by atoms with Crippen LogP contribution < -0.4 is 25.3 Å². The molecule has 0 aliphatic carbocycles. The summed E-state index contributed by atoms with van der Waals surface area (Å²) in [5.74, 6) is 2.03. The van der Waals surface area contributed by atoms with E-state index in [1.165, 1.54) is 21.3 Å². The third-order valence-electron chi connectivity index (χ3n) is 2.90. The van der Waals surface area contributed by atoms with Gasteiger partial charge in [0.2, 0.25) is 11.7 Å². The number of nitrogens with one attached hydrogen (secondary N) is 1. The van der Waals surface area contributed by atoms with E-state index in [0.717, 1.165) is 5.75 Å². The maximum absolute atomic E-state index is 12.0. The summed E-state index contributed by atoms with van der Waals surface area (Å²) in [4.78, 5) is 12.0. The van der Waals surface area contributed by atoms with Crippen molar-refractivity contribution in [1.82, 2.24) is 0 Å². The Hall–Kier alpha value is -1.60. The van der Waals surface area contributed by atoms with Crippen LogP contribution in [0.3, 0.4) is 0 Å². The Morgan fingerprint density at radius 1 is 1.24 bits per heavy atom. The van der Waals surface area contributed by atoms with Gasteiger partial charge in [-0.1, -0.05) is 0 Å². The number of thioether (sulfide) groups is 1. The lowest BCUT2D eigenvalue weighted by Gasteiger charge is -2.16. The van der Waals surface area contributed by atoms with E-state index < -0.39 is 6.04 Å². The van der Waals surface area contributed by atoms with Crippen LogP contribution in [0.1, 0.15) is 6.42 Å². The molecule has 21 heavy (non-hydrogen) atoms. The highest BCUT2D eigenvalue weighted by Crippen LogP contribution is 2.39. The molecular formula is C14H22N2O4S. The Morgan fingerprint density at radius 2 is 1.81 bits per heavy atom. The second kappa shape index (κ2) is 8.63. The van der Waals surface area contributed by atoms with Gasteiger partial charge in [0, 0.05) is 17.8 Å². The molecule has 0 fully saturated rings. The molecule has 7 heteroatoms. The highest BCUT2D eigenvalue weighted by molar-refractivity contribution is 7.98. The van der Waals surface area contributed by atoms with Crippen molar-refractivity contribution in [2.75, 3.05) is 38.7 Å². The molecule has 1 atom stereocenters. The number of carbonyl (C=O) groups excluding carboxylic acids is 1. The van der Waals surface area contributed by atoms with E-state index in [-0.39, 0.29) is 5.91 Å². The summed E-state index contributed by atoms with van der Waals surface area (Å²) in [5, 5.41) is 2.76. The number of methoxy groups -OCH3 is 3. The van der Waals surface area contributed by atoms with E-state index in [1.807, 2.05) is 6.26 Å². The maximum atomic E-state index is 12.0. The van der Waals surface area contributed by atoms with E-state index in [4.69, 9.17) is 19.9 Å². The first kappa shape index (κ1) is 17.5. The first-order valence-electron chi connectivity index (χ1n) is 6.42. The monoisotopic (exact) mass is 314 g/mol. The van der Waals surface area contributed by atoms with Gasteiger partial charge in [-0.05, 0) is 18.4 Å². The fourth-order valence-corrected chi connectivity index (χ4v) is 2.25. The minimum Gasteiger partial charge on any atom is -0.493 e. The summed E-state index contributed by atoms with van der Waals surface area (Å²) in [5.41, 5.74) is 6.39. The summed E-state index contributed by atoms with van der Waals surface area (Å²) in [6.45, 7) is 0. The molecule has 1 amide bonds. The molecule has 0 saturated carbocycles. The molecule has 0 unspecified atom stereocenters. The Balaban J connectivity index is 2.91. The van der Waals surface area contributed by atoms with E-state index in [0.29, 0.717) is 29.4 Å². The number of hydrogen-bond acceptors (Lipinski definition) is 6. The highest BCUT2D eigenvalue weighted by atomic mass is 32.2. The quantitative estimate of drug-likeness (QED) is 0.760. The van der Waals surface area contributed by atoms with Crippen molar-refractivity contribution in [2.45, 2.75) is 12.5 Å². The molecule has 0 heterocycles. The Kier molecular flexibility index (Phi) is 7.18. The minimum absolute atomic E-state index is 0.238. The minimum atomic E-state index is -0.545. The zero-order valence-electron chi connectivity index (χ0n) is 12.8. The van der Waals surface area contributed by atoms with E-state index in [1.54, 1.807) is 23.9 Å². The molecule has 3 N–H and O–H groups in total.